The van der Waals surface area contributed by atoms with Crippen LogP contribution in [-0.4, -0.2) is 30.4 Å². The van der Waals surface area contributed by atoms with E-state index in [-0.39, 0.29) is 0 Å². The van der Waals surface area contributed by atoms with E-state index in [2.05, 4.69) is 30.4 Å². The maximum absolute atomic E-state index is 6.06. The zero-order chi connectivity index (χ0) is 19.4. The summed E-state index contributed by atoms with van der Waals surface area (Å²) in [5, 5.41) is 14.7. The Morgan fingerprint density at radius 1 is 0.778 bits per heavy atom. The van der Waals surface area contributed by atoms with E-state index in [0.29, 0.717) is 5.02 Å². The van der Waals surface area contributed by atoms with E-state index in [1.165, 1.54) is 0 Å². The number of halogens is 1. The van der Waals surface area contributed by atoms with Crippen molar-refractivity contribution in [2.24, 2.45) is 0 Å². The Kier molecular flexibility index (Phi) is 5.66. The Morgan fingerprint density at radius 3 is 1.85 bits per heavy atom. The van der Waals surface area contributed by atoms with Crippen molar-refractivity contribution in [1.82, 2.24) is 30.4 Å². The largest absolute Gasteiger partial charge is 0.282 e. The molecule has 4 aromatic heterocycles. The number of aromatic amines is 2. The van der Waals surface area contributed by atoms with E-state index in [1.54, 1.807) is 6.20 Å². The smallest absolute Gasteiger partial charge is 0.112 e. The van der Waals surface area contributed by atoms with Crippen molar-refractivity contribution in [2.75, 3.05) is 0 Å². The summed E-state index contributed by atoms with van der Waals surface area (Å²) in [6.45, 7) is 7.79. The number of rotatable bonds is 2. The molecule has 0 saturated heterocycles. The van der Waals surface area contributed by atoms with Crippen LogP contribution in [0, 0.1) is 27.7 Å². The molecular weight excluding hydrogens is 360 g/mol. The normalized spacial score (nSPS) is 10.4. The van der Waals surface area contributed by atoms with Gasteiger partial charge in [-0.15, -0.1) is 0 Å². The second kappa shape index (κ2) is 8.14. The summed E-state index contributed by atoms with van der Waals surface area (Å²) in [7, 11) is 0. The summed E-state index contributed by atoms with van der Waals surface area (Å²) in [5.74, 6) is 0. The van der Waals surface area contributed by atoms with Crippen molar-refractivity contribution >= 4 is 11.6 Å². The molecule has 0 aromatic carbocycles. The molecule has 0 aliphatic heterocycles. The van der Waals surface area contributed by atoms with Crippen molar-refractivity contribution in [1.29, 1.82) is 0 Å². The van der Waals surface area contributed by atoms with Gasteiger partial charge >= 0.3 is 0 Å². The fourth-order valence-electron chi connectivity index (χ4n) is 2.40. The van der Waals surface area contributed by atoms with Gasteiger partial charge in [-0.05, 0) is 58.0 Å². The first-order valence-electron chi connectivity index (χ1n) is 8.52. The van der Waals surface area contributed by atoms with Gasteiger partial charge < -0.3 is 0 Å². The van der Waals surface area contributed by atoms with Crippen LogP contribution in [0.2, 0.25) is 5.02 Å². The number of aromatic nitrogens is 6. The summed E-state index contributed by atoms with van der Waals surface area (Å²) in [6.07, 6.45) is 3.61. The molecule has 0 aliphatic carbocycles. The number of hydrogen-bond donors (Lipinski definition) is 2. The quantitative estimate of drug-likeness (QED) is 0.521. The van der Waals surface area contributed by atoms with Gasteiger partial charge in [-0.2, -0.15) is 10.2 Å². The van der Waals surface area contributed by atoms with Crippen LogP contribution in [0.5, 0.6) is 0 Å². The highest BCUT2D eigenvalue weighted by atomic mass is 35.5. The molecule has 0 aliphatic rings. The zero-order valence-electron chi connectivity index (χ0n) is 15.7. The van der Waals surface area contributed by atoms with Gasteiger partial charge in [-0.1, -0.05) is 11.6 Å². The monoisotopic (exact) mass is 380 g/mol. The highest BCUT2D eigenvalue weighted by molar-refractivity contribution is 6.33. The predicted octanol–water partition coefficient (Wildman–Crippen LogP) is 4.83. The van der Waals surface area contributed by atoms with E-state index in [9.17, 15) is 0 Å². The first-order chi connectivity index (χ1) is 12.9. The Balaban J connectivity index is 0.000000156. The van der Waals surface area contributed by atoms with Crippen LogP contribution in [0.4, 0.5) is 0 Å². The zero-order valence-corrected chi connectivity index (χ0v) is 16.5. The summed E-state index contributed by atoms with van der Waals surface area (Å²) < 4.78 is 0. The number of pyridine rings is 2. The van der Waals surface area contributed by atoms with E-state index in [4.69, 9.17) is 11.6 Å². The summed E-state index contributed by atoms with van der Waals surface area (Å²) in [6, 6.07) is 9.92. The molecule has 0 radical (unpaired) electrons. The lowest BCUT2D eigenvalue weighted by Gasteiger charge is -1.97. The number of nitrogens with one attached hydrogen (secondary N) is 2. The highest BCUT2D eigenvalue weighted by Gasteiger charge is 2.09. The molecule has 0 fully saturated rings. The van der Waals surface area contributed by atoms with Crippen molar-refractivity contribution in [2.45, 2.75) is 27.7 Å². The molecule has 0 spiro atoms. The lowest BCUT2D eigenvalue weighted by Crippen LogP contribution is -1.83. The van der Waals surface area contributed by atoms with Gasteiger partial charge in [0.2, 0.25) is 0 Å². The second-order valence-electron chi connectivity index (χ2n) is 6.32. The van der Waals surface area contributed by atoms with E-state index < -0.39 is 0 Å². The first kappa shape index (κ1) is 18.8. The Labute approximate surface area is 163 Å². The number of H-pyrrole nitrogens is 2. The molecule has 27 heavy (non-hydrogen) atoms. The van der Waals surface area contributed by atoms with Gasteiger partial charge in [-0.25, -0.2) is 0 Å². The van der Waals surface area contributed by atoms with Gasteiger partial charge in [0.1, 0.15) is 5.69 Å². The van der Waals surface area contributed by atoms with E-state index in [0.717, 1.165) is 45.3 Å². The molecule has 2 N–H and O–H groups in total. The molecule has 0 amide bonds. The minimum absolute atomic E-state index is 0.663. The highest BCUT2D eigenvalue weighted by Crippen LogP contribution is 2.27. The predicted molar refractivity (Wildman–Crippen MR) is 108 cm³/mol. The van der Waals surface area contributed by atoms with Crippen LogP contribution in [0.15, 0.2) is 42.7 Å². The van der Waals surface area contributed by atoms with Gasteiger partial charge in [0.05, 0.1) is 16.4 Å². The Bertz CT molecular complexity index is 1020. The number of aryl methyl sites for hydroxylation is 4. The lowest BCUT2D eigenvalue weighted by atomic mass is 10.2. The van der Waals surface area contributed by atoms with E-state index >= 15 is 0 Å². The Morgan fingerprint density at radius 2 is 1.41 bits per heavy atom. The van der Waals surface area contributed by atoms with Gasteiger partial charge in [0.15, 0.2) is 0 Å². The molecular formula is C20H21ClN6. The number of hydrogen-bond acceptors (Lipinski definition) is 4. The SMILES string of the molecule is Cc1ccc(-c2cc(C)[nH]n2)cn1.Cc1ccc(-c2n[nH]c(C)c2Cl)cn1. The van der Waals surface area contributed by atoms with Gasteiger partial charge in [-0.3, -0.25) is 20.2 Å². The van der Waals surface area contributed by atoms with Crippen molar-refractivity contribution in [3.8, 4) is 22.5 Å². The fourth-order valence-corrected chi connectivity index (χ4v) is 2.59. The molecule has 4 heterocycles. The standard InChI is InChI=1S/C10H10ClN3.C10H11N3/c1-6-3-4-8(5-12-6)10-9(11)7(2)13-14-10;1-7-3-4-9(6-11-7)10-5-8(2)12-13-10/h3-5H,1-2H3,(H,13,14);3-6H,1-2H3,(H,12,13). The molecule has 0 saturated carbocycles. The molecule has 0 bridgehead atoms. The minimum Gasteiger partial charge on any atom is -0.282 e. The van der Waals surface area contributed by atoms with E-state index in [1.807, 2.05) is 64.2 Å². The molecule has 0 unspecified atom stereocenters. The minimum atomic E-state index is 0.663. The van der Waals surface area contributed by atoms with Crippen LogP contribution in [0.25, 0.3) is 22.5 Å². The molecule has 6 nitrogen and oxygen atoms in total. The third-order valence-electron chi connectivity index (χ3n) is 3.97. The van der Waals surface area contributed by atoms with Crippen molar-refractivity contribution in [3.05, 3.63) is 70.5 Å². The number of nitrogens with zero attached hydrogens (tertiary/aromatic N) is 4. The van der Waals surface area contributed by atoms with Gasteiger partial charge in [0.25, 0.3) is 0 Å². The van der Waals surface area contributed by atoms with Crippen LogP contribution >= 0.6 is 11.6 Å². The van der Waals surface area contributed by atoms with Crippen LogP contribution in [0.3, 0.4) is 0 Å². The summed E-state index contributed by atoms with van der Waals surface area (Å²) in [4.78, 5) is 8.40. The maximum atomic E-state index is 6.06. The molecule has 7 heteroatoms. The average molecular weight is 381 g/mol. The van der Waals surface area contributed by atoms with Crippen LogP contribution < -0.4 is 0 Å². The summed E-state index contributed by atoms with van der Waals surface area (Å²) in [5.41, 5.74) is 7.65. The molecule has 138 valence electrons. The topological polar surface area (TPSA) is 83.1 Å². The first-order valence-corrected chi connectivity index (χ1v) is 8.90. The third-order valence-corrected chi connectivity index (χ3v) is 4.43. The molecule has 4 rings (SSSR count). The average Bonchev–Trinajstić information content (AvgIpc) is 3.24. The summed E-state index contributed by atoms with van der Waals surface area (Å²) >= 11 is 6.06. The molecule has 0 atom stereocenters. The van der Waals surface area contributed by atoms with Crippen molar-refractivity contribution in [3.63, 3.8) is 0 Å². The molecule has 4 aromatic rings. The fraction of sp³-hybridized carbons (Fsp3) is 0.200. The lowest BCUT2D eigenvalue weighted by molar-refractivity contribution is 1.05. The third kappa shape index (κ3) is 4.60. The van der Waals surface area contributed by atoms with Crippen LogP contribution in [-0.2, 0) is 0 Å². The Hall–Kier alpha value is -2.99. The second-order valence-corrected chi connectivity index (χ2v) is 6.70. The van der Waals surface area contributed by atoms with Crippen LogP contribution in [0.1, 0.15) is 22.8 Å². The van der Waals surface area contributed by atoms with Crippen molar-refractivity contribution < 1.29 is 0 Å². The van der Waals surface area contributed by atoms with Gasteiger partial charge in [0, 0.05) is 40.6 Å². The maximum Gasteiger partial charge on any atom is 0.112 e.